The van der Waals surface area contributed by atoms with Crippen LogP contribution in [0.15, 0.2) is 48.5 Å². The molecule has 0 bridgehead atoms. The van der Waals surface area contributed by atoms with Gasteiger partial charge in [0.25, 0.3) is 0 Å². The molecule has 0 spiro atoms. The molecule has 0 aromatic heterocycles. The molecule has 0 unspecified atom stereocenters. The van der Waals surface area contributed by atoms with Crippen LogP contribution in [0.2, 0.25) is 10.0 Å². The van der Waals surface area contributed by atoms with Crippen molar-refractivity contribution in [2.45, 2.75) is 5.37 Å². The highest BCUT2D eigenvalue weighted by molar-refractivity contribution is 8.00. The second-order valence-electron chi connectivity index (χ2n) is 4.43. The molecular formula is C15H11Cl2NOS. The third kappa shape index (κ3) is 2.53. The summed E-state index contributed by atoms with van der Waals surface area (Å²) in [5.41, 5.74) is 1.75. The molecule has 1 saturated heterocycles. The average Bonchev–Trinajstić information content (AvgIpc) is 2.81. The summed E-state index contributed by atoms with van der Waals surface area (Å²) in [6, 6.07) is 14.9. The minimum atomic E-state index is -0.102. The monoisotopic (exact) mass is 323 g/mol. The van der Waals surface area contributed by atoms with Crippen LogP contribution < -0.4 is 4.90 Å². The predicted octanol–water partition coefficient (Wildman–Crippen LogP) is 4.77. The molecule has 0 saturated carbocycles. The number of carbonyl (C=O) groups excluding carboxylic acids is 1. The molecule has 2 aromatic rings. The van der Waals surface area contributed by atoms with Crippen LogP contribution in [0.25, 0.3) is 0 Å². The van der Waals surface area contributed by atoms with E-state index in [4.69, 9.17) is 23.2 Å². The van der Waals surface area contributed by atoms with Crippen LogP contribution in [-0.2, 0) is 4.79 Å². The maximum Gasteiger partial charge on any atom is 0.238 e. The number of hydrogen-bond acceptors (Lipinski definition) is 2. The number of anilines is 1. The Hall–Kier alpha value is -1.16. The SMILES string of the molecule is O=C1CS[C@@H](c2ccccc2Cl)N1c1cccc(Cl)c1. The molecule has 1 aliphatic heterocycles. The molecule has 1 heterocycles. The third-order valence-corrected chi connectivity index (χ3v) is 4.90. The molecule has 2 nitrogen and oxygen atoms in total. The second-order valence-corrected chi connectivity index (χ2v) is 6.34. The highest BCUT2D eigenvalue weighted by Crippen LogP contribution is 2.44. The van der Waals surface area contributed by atoms with Gasteiger partial charge in [0.1, 0.15) is 5.37 Å². The van der Waals surface area contributed by atoms with Gasteiger partial charge in [0, 0.05) is 21.3 Å². The lowest BCUT2D eigenvalue weighted by Crippen LogP contribution is -2.27. The van der Waals surface area contributed by atoms with Crippen molar-refractivity contribution in [3.05, 3.63) is 64.1 Å². The first kappa shape index (κ1) is 13.8. The van der Waals surface area contributed by atoms with Gasteiger partial charge >= 0.3 is 0 Å². The Labute approximate surface area is 131 Å². The van der Waals surface area contributed by atoms with Crippen molar-refractivity contribution in [3.8, 4) is 0 Å². The van der Waals surface area contributed by atoms with E-state index >= 15 is 0 Å². The van der Waals surface area contributed by atoms with Crippen molar-refractivity contribution in [2.24, 2.45) is 0 Å². The fourth-order valence-electron chi connectivity index (χ4n) is 2.23. The zero-order valence-corrected chi connectivity index (χ0v) is 12.8. The van der Waals surface area contributed by atoms with Crippen molar-refractivity contribution in [3.63, 3.8) is 0 Å². The summed E-state index contributed by atoms with van der Waals surface area (Å²) in [6.45, 7) is 0. The normalized spacial score (nSPS) is 18.6. The van der Waals surface area contributed by atoms with Gasteiger partial charge in [-0.25, -0.2) is 0 Å². The molecule has 1 fully saturated rings. The van der Waals surface area contributed by atoms with Crippen LogP contribution in [0.5, 0.6) is 0 Å². The van der Waals surface area contributed by atoms with E-state index in [0.717, 1.165) is 11.3 Å². The van der Waals surface area contributed by atoms with Gasteiger partial charge in [-0.3, -0.25) is 9.69 Å². The number of thioether (sulfide) groups is 1. The van der Waals surface area contributed by atoms with Crippen LogP contribution in [0.1, 0.15) is 10.9 Å². The van der Waals surface area contributed by atoms with E-state index in [1.54, 1.807) is 28.8 Å². The lowest BCUT2D eigenvalue weighted by atomic mass is 10.2. The van der Waals surface area contributed by atoms with Crippen molar-refractivity contribution in [1.82, 2.24) is 0 Å². The molecule has 102 valence electrons. The number of hydrogen-bond donors (Lipinski definition) is 0. The molecule has 3 rings (SSSR count). The largest absolute Gasteiger partial charge is 0.295 e. The number of carbonyl (C=O) groups is 1. The summed E-state index contributed by atoms with van der Waals surface area (Å²) in [5.74, 6) is 0.518. The molecule has 1 atom stereocenters. The van der Waals surface area contributed by atoms with E-state index in [2.05, 4.69) is 0 Å². The molecule has 1 aliphatic rings. The fraction of sp³-hybridized carbons (Fsp3) is 0.133. The Morgan fingerprint density at radius 3 is 2.65 bits per heavy atom. The number of rotatable bonds is 2. The lowest BCUT2D eigenvalue weighted by molar-refractivity contribution is -0.115. The van der Waals surface area contributed by atoms with E-state index in [0.29, 0.717) is 15.8 Å². The van der Waals surface area contributed by atoms with E-state index in [9.17, 15) is 4.79 Å². The van der Waals surface area contributed by atoms with Crippen molar-refractivity contribution >= 4 is 46.6 Å². The zero-order chi connectivity index (χ0) is 14.1. The number of nitrogens with zero attached hydrogens (tertiary/aromatic N) is 1. The van der Waals surface area contributed by atoms with Crippen molar-refractivity contribution < 1.29 is 4.79 Å². The van der Waals surface area contributed by atoms with E-state index < -0.39 is 0 Å². The van der Waals surface area contributed by atoms with Crippen LogP contribution in [0.4, 0.5) is 5.69 Å². The van der Waals surface area contributed by atoms with Gasteiger partial charge in [0.15, 0.2) is 0 Å². The average molecular weight is 324 g/mol. The van der Waals surface area contributed by atoms with Crippen molar-refractivity contribution in [1.29, 1.82) is 0 Å². The van der Waals surface area contributed by atoms with Crippen LogP contribution in [0.3, 0.4) is 0 Å². The maximum atomic E-state index is 12.2. The summed E-state index contributed by atoms with van der Waals surface area (Å²) in [7, 11) is 0. The summed E-state index contributed by atoms with van der Waals surface area (Å²) in [5, 5.41) is 1.19. The van der Waals surface area contributed by atoms with E-state index in [-0.39, 0.29) is 11.3 Å². The highest BCUT2D eigenvalue weighted by Gasteiger charge is 2.35. The Kier molecular flexibility index (Phi) is 3.92. The first-order valence-corrected chi connectivity index (χ1v) is 7.91. The summed E-state index contributed by atoms with van der Waals surface area (Å²) in [6.07, 6.45) is 0. The molecule has 5 heteroatoms. The van der Waals surface area contributed by atoms with Gasteiger partial charge in [-0.1, -0.05) is 47.5 Å². The van der Waals surface area contributed by atoms with Gasteiger partial charge in [-0.15, -0.1) is 11.8 Å². The van der Waals surface area contributed by atoms with Crippen LogP contribution in [-0.4, -0.2) is 11.7 Å². The molecule has 0 N–H and O–H groups in total. The summed E-state index contributed by atoms with van der Waals surface area (Å²) < 4.78 is 0. The van der Waals surface area contributed by atoms with E-state index in [1.807, 2.05) is 36.4 Å². The zero-order valence-electron chi connectivity index (χ0n) is 10.4. The minimum Gasteiger partial charge on any atom is -0.295 e. The van der Waals surface area contributed by atoms with Crippen LogP contribution >= 0.6 is 35.0 Å². The first-order valence-electron chi connectivity index (χ1n) is 6.10. The Morgan fingerprint density at radius 1 is 1.10 bits per heavy atom. The van der Waals surface area contributed by atoms with E-state index in [1.165, 1.54) is 0 Å². The van der Waals surface area contributed by atoms with Gasteiger partial charge < -0.3 is 0 Å². The predicted molar refractivity (Wildman–Crippen MR) is 85.6 cm³/mol. The number of halogens is 2. The Bertz CT molecular complexity index is 662. The molecular weight excluding hydrogens is 313 g/mol. The van der Waals surface area contributed by atoms with Crippen LogP contribution in [0, 0.1) is 0 Å². The molecule has 1 amide bonds. The van der Waals surface area contributed by atoms with Gasteiger partial charge in [-0.2, -0.15) is 0 Å². The van der Waals surface area contributed by atoms with Gasteiger partial charge in [-0.05, 0) is 24.3 Å². The molecule has 20 heavy (non-hydrogen) atoms. The quantitative estimate of drug-likeness (QED) is 0.793. The molecule has 2 aromatic carbocycles. The highest BCUT2D eigenvalue weighted by atomic mass is 35.5. The van der Waals surface area contributed by atoms with Gasteiger partial charge in [0.05, 0.1) is 5.75 Å². The topological polar surface area (TPSA) is 20.3 Å². The third-order valence-electron chi connectivity index (χ3n) is 3.13. The van der Waals surface area contributed by atoms with Gasteiger partial charge in [0.2, 0.25) is 5.91 Å². The fourth-order valence-corrected chi connectivity index (χ4v) is 3.94. The molecule has 0 aliphatic carbocycles. The van der Waals surface area contributed by atoms with Crippen molar-refractivity contribution in [2.75, 3.05) is 10.7 Å². The minimum absolute atomic E-state index is 0.0715. The summed E-state index contributed by atoms with van der Waals surface area (Å²) in [4.78, 5) is 14.0. The Balaban J connectivity index is 2.03. The second kappa shape index (κ2) is 5.68. The summed E-state index contributed by atoms with van der Waals surface area (Å²) >= 11 is 13.9. The Morgan fingerprint density at radius 2 is 1.90 bits per heavy atom. The first-order chi connectivity index (χ1) is 9.66. The number of benzene rings is 2. The number of amides is 1. The smallest absolute Gasteiger partial charge is 0.238 e. The molecule has 0 radical (unpaired) electrons. The standard InChI is InChI=1S/C15H11Cl2NOS/c16-10-4-3-5-11(8-10)18-14(19)9-20-15(18)12-6-1-2-7-13(12)17/h1-8,15H,9H2/t15-/m0/s1. The lowest BCUT2D eigenvalue weighted by Gasteiger charge is -2.25. The maximum absolute atomic E-state index is 12.2.